The van der Waals surface area contributed by atoms with Crippen molar-refractivity contribution in [3.8, 4) is 0 Å². The van der Waals surface area contributed by atoms with Gasteiger partial charge in [0.15, 0.2) is 0 Å². The van der Waals surface area contributed by atoms with Crippen molar-refractivity contribution in [2.75, 3.05) is 11.9 Å². The van der Waals surface area contributed by atoms with E-state index < -0.39 is 10.0 Å². The highest BCUT2D eigenvalue weighted by Crippen LogP contribution is 2.31. The summed E-state index contributed by atoms with van der Waals surface area (Å²) >= 11 is 0. The van der Waals surface area contributed by atoms with E-state index in [0.717, 1.165) is 36.1 Å². The molecule has 2 aromatic carbocycles. The van der Waals surface area contributed by atoms with E-state index in [2.05, 4.69) is 5.32 Å². The van der Waals surface area contributed by atoms with E-state index in [4.69, 9.17) is 0 Å². The fraction of sp³-hybridized carbons (Fsp3) is 0.350. The number of rotatable bonds is 4. The minimum Gasteiger partial charge on any atom is -0.326 e. The minimum atomic E-state index is -3.53. The third-order valence-corrected chi connectivity index (χ3v) is 7.16. The first-order chi connectivity index (χ1) is 12.5. The van der Waals surface area contributed by atoms with E-state index in [9.17, 15) is 13.2 Å². The number of benzene rings is 2. The second-order valence-corrected chi connectivity index (χ2v) is 8.86. The number of nitrogens with one attached hydrogen (secondary N) is 1. The van der Waals surface area contributed by atoms with Crippen molar-refractivity contribution in [3.05, 3.63) is 59.7 Å². The Kier molecular flexibility index (Phi) is 4.54. The summed E-state index contributed by atoms with van der Waals surface area (Å²) in [6.07, 6.45) is 3.49. The Balaban J connectivity index is 1.60. The lowest BCUT2D eigenvalue weighted by atomic mass is 10.0. The molecule has 4 rings (SSSR count). The van der Waals surface area contributed by atoms with Crippen LogP contribution >= 0.6 is 0 Å². The zero-order valence-electron chi connectivity index (χ0n) is 14.5. The molecule has 0 aliphatic carbocycles. The molecule has 1 N–H and O–H groups in total. The van der Waals surface area contributed by atoms with Gasteiger partial charge in [-0.3, -0.25) is 4.79 Å². The van der Waals surface area contributed by atoms with Crippen LogP contribution < -0.4 is 5.32 Å². The largest absolute Gasteiger partial charge is 0.326 e. The first kappa shape index (κ1) is 17.2. The van der Waals surface area contributed by atoms with Crippen LogP contribution in [-0.2, 0) is 27.7 Å². The van der Waals surface area contributed by atoms with E-state index in [1.54, 1.807) is 22.5 Å². The zero-order chi connectivity index (χ0) is 18.1. The van der Waals surface area contributed by atoms with Crippen LogP contribution in [0.15, 0.2) is 53.4 Å². The SMILES string of the molecule is O=C1CCc2cc(S(=O)(=O)N3CCC[C@@H]3Cc3ccccc3)ccc2N1. The van der Waals surface area contributed by atoms with Gasteiger partial charge in [0, 0.05) is 24.7 Å². The summed E-state index contributed by atoms with van der Waals surface area (Å²) in [6.45, 7) is 0.563. The van der Waals surface area contributed by atoms with E-state index in [1.807, 2.05) is 30.3 Å². The second kappa shape index (κ2) is 6.85. The van der Waals surface area contributed by atoms with Gasteiger partial charge < -0.3 is 5.32 Å². The standard InChI is InChI=1S/C20H22N2O3S/c23-20-11-8-16-14-18(9-10-19(16)21-20)26(24,25)22-12-4-7-17(22)13-15-5-2-1-3-6-15/h1-3,5-6,9-10,14,17H,4,7-8,11-13H2,(H,21,23)/t17-/m1/s1. The molecule has 1 amide bonds. The number of fused-ring (bicyclic) bond motifs is 1. The summed E-state index contributed by atoms with van der Waals surface area (Å²) in [4.78, 5) is 11.8. The highest BCUT2D eigenvalue weighted by Gasteiger charge is 2.35. The van der Waals surface area contributed by atoms with Gasteiger partial charge in [0.25, 0.3) is 0 Å². The van der Waals surface area contributed by atoms with Gasteiger partial charge in [-0.25, -0.2) is 8.42 Å². The number of carbonyl (C=O) groups excluding carboxylic acids is 1. The van der Waals surface area contributed by atoms with Crippen LogP contribution in [0, 0.1) is 0 Å². The van der Waals surface area contributed by atoms with Crippen molar-refractivity contribution in [2.45, 2.75) is 43.0 Å². The quantitative estimate of drug-likeness (QED) is 0.900. The van der Waals surface area contributed by atoms with Crippen LogP contribution in [-0.4, -0.2) is 31.2 Å². The molecule has 0 saturated carbocycles. The lowest BCUT2D eigenvalue weighted by molar-refractivity contribution is -0.116. The first-order valence-corrected chi connectivity index (χ1v) is 10.5. The fourth-order valence-electron chi connectivity index (χ4n) is 3.87. The third-order valence-electron chi connectivity index (χ3n) is 5.22. The van der Waals surface area contributed by atoms with Crippen LogP contribution in [0.5, 0.6) is 0 Å². The van der Waals surface area contributed by atoms with Gasteiger partial charge in [-0.15, -0.1) is 0 Å². The lowest BCUT2D eigenvalue weighted by Gasteiger charge is -2.25. The average molecular weight is 370 g/mol. The Hall–Kier alpha value is -2.18. The molecule has 0 spiro atoms. The summed E-state index contributed by atoms with van der Waals surface area (Å²) in [5, 5.41) is 2.80. The summed E-state index contributed by atoms with van der Waals surface area (Å²) < 4.78 is 28.1. The predicted octanol–water partition coefficient (Wildman–Crippen LogP) is 2.97. The van der Waals surface area contributed by atoms with Gasteiger partial charge in [-0.2, -0.15) is 4.31 Å². The lowest BCUT2D eigenvalue weighted by Crippen LogP contribution is -2.37. The molecule has 0 aromatic heterocycles. The van der Waals surface area contributed by atoms with Gasteiger partial charge in [-0.1, -0.05) is 30.3 Å². The highest BCUT2D eigenvalue weighted by atomic mass is 32.2. The molecule has 6 heteroatoms. The Bertz CT molecular complexity index is 925. The molecule has 26 heavy (non-hydrogen) atoms. The number of anilines is 1. The molecule has 0 bridgehead atoms. The maximum Gasteiger partial charge on any atom is 0.243 e. The molecular weight excluding hydrogens is 348 g/mol. The molecule has 1 saturated heterocycles. The second-order valence-electron chi connectivity index (χ2n) is 6.97. The number of hydrogen-bond acceptors (Lipinski definition) is 3. The Morgan fingerprint density at radius 2 is 1.88 bits per heavy atom. The number of aryl methyl sites for hydroxylation is 1. The maximum atomic E-state index is 13.2. The maximum absolute atomic E-state index is 13.2. The molecule has 2 aromatic rings. The fourth-order valence-corrected chi connectivity index (χ4v) is 5.62. The van der Waals surface area contributed by atoms with Gasteiger partial charge in [0.1, 0.15) is 0 Å². The number of sulfonamides is 1. The zero-order valence-corrected chi connectivity index (χ0v) is 15.3. The Labute approximate surface area is 154 Å². The smallest absolute Gasteiger partial charge is 0.243 e. The van der Waals surface area contributed by atoms with Gasteiger partial charge in [0.05, 0.1) is 4.90 Å². The summed E-state index contributed by atoms with van der Waals surface area (Å²) in [5.41, 5.74) is 2.78. The molecule has 2 heterocycles. The number of nitrogens with zero attached hydrogens (tertiary/aromatic N) is 1. The van der Waals surface area contributed by atoms with Crippen LogP contribution in [0.3, 0.4) is 0 Å². The van der Waals surface area contributed by atoms with Crippen LogP contribution in [0.25, 0.3) is 0 Å². The van der Waals surface area contributed by atoms with E-state index in [0.29, 0.717) is 24.3 Å². The van der Waals surface area contributed by atoms with Gasteiger partial charge in [-0.05, 0) is 55.0 Å². The van der Waals surface area contributed by atoms with E-state index in [-0.39, 0.29) is 11.9 Å². The molecule has 1 fully saturated rings. The minimum absolute atomic E-state index is 0.00173. The first-order valence-electron chi connectivity index (χ1n) is 9.02. The summed E-state index contributed by atoms with van der Waals surface area (Å²) in [7, 11) is -3.53. The molecule has 136 valence electrons. The molecule has 2 aliphatic rings. The average Bonchev–Trinajstić information content (AvgIpc) is 3.11. The van der Waals surface area contributed by atoms with Gasteiger partial charge in [0.2, 0.25) is 15.9 Å². The van der Waals surface area contributed by atoms with Crippen molar-refractivity contribution in [1.82, 2.24) is 4.31 Å². The number of amides is 1. The van der Waals surface area contributed by atoms with Crippen LogP contribution in [0.1, 0.15) is 30.4 Å². The van der Waals surface area contributed by atoms with Crippen LogP contribution in [0.4, 0.5) is 5.69 Å². The van der Waals surface area contributed by atoms with Gasteiger partial charge >= 0.3 is 0 Å². The molecule has 1 atom stereocenters. The topological polar surface area (TPSA) is 66.5 Å². The molecule has 5 nitrogen and oxygen atoms in total. The molecule has 2 aliphatic heterocycles. The molecule has 0 unspecified atom stereocenters. The van der Waals surface area contributed by atoms with Crippen molar-refractivity contribution >= 4 is 21.6 Å². The van der Waals surface area contributed by atoms with Crippen molar-refractivity contribution in [3.63, 3.8) is 0 Å². The van der Waals surface area contributed by atoms with E-state index >= 15 is 0 Å². The molecular formula is C20H22N2O3S. The third kappa shape index (κ3) is 3.27. The normalized spacial score (nSPS) is 20.6. The predicted molar refractivity (Wildman–Crippen MR) is 100 cm³/mol. The molecule has 0 radical (unpaired) electrons. The van der Waals surface area contributed by atoms with Crippen molar-refractivity contribution in [2.24, 2.45) is 0 Å². The summed E-state index contributed by atoms with van der Waals surface area (Å²) in [6, 6.07) is 15.1. The monoisotopic (exact) mass is 370 g/mol. The highest BCUT2D eigenvalue weighted by molar-refractivity contribution is 7.89. The number of carbonyl (C=O) groups is 1. The summed E-state index contributed by atoms with van der Waals surface area (Å²) in [5.74, 6) is -0.0180. The Morgan fingerprint density at radius 1 is 1.08 bits per heavy atom. The van der Waals surface area contributed by atoms with Crippen molar-refractivity contribution in [1.29, 1.82) is 0 Å². The number of hydrogen-bond donors (Lipinski definition) is 1. The van der Waals surface area contributed by atoms with Crippen LogP contribution in [0.2, 0.25) is 0 Å². The van der Waals surface area contributed by atoms with E-state index in [1.165, 1.54) is 0 Å². The van der Waals surface area contributed by atoms with Crippen molar-refractivity contribution < 1.29 is 13.2 Å². The Morgan fingerprint density at radius 3 is 2.69 bits per heavy atom.